The average Bonchev–Trinajstić information content (AvgIpc) is 3.05. The maximum absolute atomic E-state index is 4.93. The fourth-order valence-electron chi connectivity index (χ4n) is 4.44. The lowest BCUT2D eigenvalue weighted by Gasteiger charge is -2.24. The summed E-state index contributed by atoms with van der Waals surface area (Å²) in [6.45, 7) is 15.1. The summed E-state index contributed by atoms with van der Waals surface area (Å²) in [5.41, 5.74) is 6.41. The monoisotopic (exact) mass is 400 g/mol. The minimum Gasteiger partial charge on any atom is -0.341 e. The van der Waals surface area contributed by atoms with Crippen LogP contribution < -0.4 is 5.19 Å². The predicted molar refractivity (Wildman–Crippen MR) is 130 cm³/mol. The molecule has 29 heavy (non-hydrogen) atoms. The molecule has 2 aromatic carbocycles. The first-order valence-corrected chi connectivity index (χ1v) is 14.4. The summed E-state index contributed by atoms with van der Waals surface area (Å²) in [7, 11) is -1.43. The van der Waals surface area contributed by atoms with Gasteiger partial charge in [0.25, 0.3) is 0 Å². The molecule has 0 saturated heterocycles. The second kappa shape index (κ2) is 7.45. The van der Waals surface area contributed by atoms with E-state index in [4.69, 9.17) is 4.98 Å². The number of pyridine rings is 1. The fraction of sp³-hybridized carbons (Fsp3) is 0.346. The van der Waals surface area contributed by atoms with Gasteiger partial charge in [0.05, 0.1) is 13.8 Å². The van der Waals surface area contributed by atoms with Crippen molar-refractivity contribution in [2.75, 3.05) is 0 Å². The normalized spacial score (nSPS) is 13.3. The van der Waals surface area contributed by atoms with Gasteiger partial charge in [-0.1, -0.05) is 57.8 Å². The second-order valence-electron chi connectivity index (χ2n) is 9.21. The zero-order chi connectivity index (χ0) is 20.8. The second-order valence-corrected chi connectivity index (χ2v) is 14.2. The third-order valence-corrected chi connectivity index (χ3v) is 8.31. The largest absolute Gasteiger partial charge is 0.341 e. The summed E-state index contributed by atoms with van der Waals surface area (Å²) in [5.74, 6) is 0.559. The highest BCUT2D eigenvalue weighted by Gasteiger charge is 2.23. The molecular weight excluding hydrogens is 368 g/mol. The van der Waals surface area contributed by atoms with Gasteiger partial charge < -0.3 is 4.57 Å². The highest BCUT2D eigenvalue weighted by molar-refractivity contribution is 6.89. The van der Waals surface area contributed by atoms with Crippen LogP contribution in [-0.2, 0) is 6.54 Å². The molecule has 2 aromatic heterocycles. The molecule has 0 N–H and O–H groups in total. The molecule has 4 aromatic rings. The molecule has 0 fully saturated rings. The lowest BCUT2D eigenvalue weighted by molar-refractivity contribution is 0.736. The van der Waals surface area contributed by atoms with E-state index in [-0.39, 0.29) is 0 Å². The number of benzene rings is 2. The summed E-state index contributed by atoms with van der Waals surface area (Å²) in [5, 5.41) is 4.15. The lowest BCUT2D eigenvalue weighted by atomic mass is 9.97. The van der Waals surface area contributed by atoms with E-state index in [1.165, 1.54) is 38.1 Å². The number of para-hydroxylation sites is 1. The van der Waals surface area contributed by atoms with Crippen LogP contribution in [0.5, 0.6) is 0 Å². The quantitative estimate of drug-likeness (QED) is 0.332. The Kier molecular flexibility index (Phi) is 5.12. The Bertz CT molecular complexity index is 1180. The van der Waals surface area contributed by atoms with Gasteiger partial charge in [-0.2, -0.15) is 0 Å². The number of rotatable bonds is 5. The van der Waals surface area contributed by atoms with E-state index in [9.17, 15) is 0 Å². The van der Waals surface area contributed by atoms with E-state index in [0.717, 1.165) is 18.7 Å². The first kappa shape index (κ1) is 19.9. The van der Waals surface area contributed by atoms with Crippen LogP contribution in [0.25, 0.3) is 33.1 Å². The molecule has 150 valence electrons. The number of fused-ring (bicyclic) bond motifs is 3. The minimum atomic E-state index is -1.43. The van der Waals surface area contributed by atoms with Crippen LogP contribution in [0, 0.1) is 0 Å². The Morgan fingerprint density at radius 1 is 0.931 bits per heavy atom. The van der Waals surface area contributed by atoms with Crippen molar-refractivity contribution < 1.29 is 0 Å². The molecule has 4 rings (SSSR count). The molecule has 0 aliphatic carbocycles. The molecule has 2 heterocycles. The number of aromatic nitrogens is 2. The predicted octanol–water partition coefficient (Wildman–Crippen LogP) is 6.94. The minimum absolute atomic E-state index is 0.559. The van der Waals surface area contributed by atoms with Gasteiger partial charge in [-0.15, -0.1) is 0 Å². The van der Waals surface area contributed by atoms with E-state index in [2.05, 4.69) is 99.7 Å². The van der Waals surface area contributed by atoms with Crippen LogP contribution in [0.1, 0.15) is 38.7 Å². The van der Waals surface area contributed by atoms with Gasteiger partial charge in [0, 0.05) is 40.1 Å². The Hall–Kier alpha value is -2.39. The van der Waals surface area contributed by atoms with Gasteiger partial charge >= 0.3 is 0 Å². The maximum Gasteiger partial charge on any atom is 0.0799 e. The molecular formula is C26H32N2Si. The first-order valence-electron chi connectivity index (χ1n) is 10.9. The Morgan fingerprint density at radius 2 is 1.66 bits per heavy atom. The first-order chi connectivity index (χ1) is 13.8. The molecule has 0 amide bonds. The zero-order valence-corrected chi connectivity index (χ0v) is 19.6. The molecule has 1 atom stereocenters. The summed E-state index contributed by atoms with van der Waals surface area (Å²) < 4.78 is 2.40. The van der Waals surface area contributed by atoms with E-state index >= 15 is 0 Å². The molecule has 0 aliphatic rings. The lowest BCUT2D eigenvalue weighted by Crippen LogP contribution is -2.41. The van der Waals surface area contributed by atoms with Crippen LogP contribution >= 0.6 is 0 Å². The smallest absolute Gasteiger partial charge is 0.0799 e. The average molecular weight is 401 g/mol. The molecule has 2 nitrogen and oxygen atoms in total. The molecule has 1 unspecified atom stereocenters. The molecule has 0 radical (unpaired) electrons. The number of nitrogens with zero attached hydrogens (tertiary/aromatic N) is 2. The van der Waals surface area contributed by atoms with Crippen LogP contribution in [0.3, 0.4) is 0 Å². The Labute approximate surface area is 175 Å². The number of hydrogen-bond acceptors (Lipinski definition) is 1. The van der Waals surface area contributed by atoms with E-state index in [1.807, 2.05) is 0 Å². The molecule has 0 aliphatic heterocycles. The number of hydrogen-bond donors (Lipinski definition) is 0. The van der Waals surface area contributed by atoms with Crippen molar-refractivity contribution in [2.24, 2.45) is 0 Å². The van der Waals surface area contributed by atoms with Crippen molar-refractivity contribution in [3.63, 3.8) is 0 Å². The van der Waals surface area contributed by atoms with Gasteiger partial charge in [-0.25, -0.2) is 0 Å². The third kappa shape index (κ3) is 3.42. The maximum atomic E-state index is 4.93. The summed E-state index contributed by atoms with van der Waals surface area (Å²) >= 11 is 0. The van der Waals surface area contributed by atoms with E-state index in [0.29, 0.717) is 5.92 Å². The van der Waals surface area contributed by atoms with Crippen LogP contribution in [0.15, 0.2) is 54.7 Å². The van der Waals surface area contributed by atoms with Crippen molar-refractivity contribution in [1.29, 1.82) is 0 Å². The van der Waals surface area contributed by atoms with Crippen LogP contribution in [0.4, 0.5) is 0 Å². The highest BCUT2D eigenvalue weighted by Crippen LogP contribution is 2.33. The van der Waals surface area contributed by atoms with Crippen molar-refractivity contribution >= 4 is 35.1 Å². The van der Waals surface area contributed by atoms with Crippen LogP contribution in [-0.4, -0.2) is 17.6 Å². The third-order valence-electron chi connectivity index (χ3n) is 6.27. The van der Waals surface area contributed by atoms with Gasteiger partial charge in [-0.05, 0) is 54.3 Å². The zero-order valence-electron chi connectivity index (χ0n) is 18.6. The van der Waals surface area contributed by atoms with Gasteiger partial charge in [0.2, 0.25) is 0 Å². The number of aryl methyl sites for hydroxylation is 1. The van der Waals surface area contributed by atoms with Gasteiger partial charge in [0.15, 0.2) is 0 Å². The Morgan fingerprint density at radius 3 is 2.34 bits per heavy atom. The Balaban J connectivity index is 1.92. The molecule has 0 spiro atoms. The summed E-state index contributed by atoms with van der Waals surface area (Å²) in [6.07, 6.45) is 3.33. The van der Waals surface area contributed by atoms with Crippen molar-refractivity contribution in [1.82, 2.24) is 9.55 Å². The summed E-state index contributed by atoms with van der Waals surface area (Å²) in [4.78, 5) is 4.93. The van der Waals surface area contributed by atoms with Crippen molar-refractivity contribution in [2.45, 2.75) is 59.3 Å². The highest BCUT2D eigenvalue weighted by atomic mass is 28.3. The molecule has 3 heteroatoms. The van der Waals surface area contributed by atoms with Crippen molar-refractivity contribution in [3.8, 4) is 11.3 Å². The standard InChI is InChI=1S/C26H32N2Si/c1-7-18(3)21-16-23(27-17-26(21)29(4,5)6)19-13-14-25-22(15-19)20-11-9-10-12-24(20)28(25)8-2/h9-18H,7-8H2,1-6H3. The van der Waals surface area contributed by atoms with Gasteiger partial charge in [0.1, 0.15) is 0 Å². The van der Waals surface area contributed by atoms with Gasteiger partial charge in [-0.3, -0.25) is 4.98 Å². The fourth-order valence-corrected chi connectivity index (χ4v) is 6.07. The van der Waals surface area contributed by atoms with Crippen molar-refractivity contribution in [3.05, 3.63) is 60.3 Å². The van der Waals surface area contributed by atoms with E-state index in [1.54, 1.807) is 0 Å². The van der Waals surface area contributed by atoms with E-state index < -0.39 is 8.07 Å². The SMILES string of the molecule is CCC(C)c1cc(-c2ccc3c(c2)c2ccccc2n3CC)ncc1[Si](C)(C)C. The van der Waals surface area contributed by atoms with Crippen LogP contribution in [0.2, 0.25) is 19.6 Å². The topological polar surface area (TPSA) is 17.8 Å². The summed E-state index contributed by atoms with van der Waals surface area (Å²) in [6, 6.07) is 17.9. The molecule has 0 bridgehead atoms. The molecule has 0 saturated carbocycles.